The Hall–Kier alpha value is -2.01. The molecule has 0 aliphatic carbocycles. The molecule has 5 nitrogen and oxygen atoms in total. The van der Waals surface area contributed by atoms with Gasteiger partial charge in [0.25, 0.3) is 0 Å². The molecule has 1 aromatic carbocycles. The number of nitrogens with one attached hydrogen (secondary N) is 1. The van der Waals surface area contributed by atoms with E-state index in [0.29, 0.717) is 0 Å². The summed E-state index contributed by atoms with van der Waals surface area (Å²) < 4.78 is 2.18. The standard InChI is InChI=1S/C18H26ClN5/c1-15-21-11-13-24(15)12-5-4-10-22-18(20-2)23(3)14-16-6-8-17(19)9-7-16/h6-9,11,13H,4-5,10,12,14H2,1-3H3,(H,20,22). The van der Waals surface area contributed by atoms with Crippen molar-refractivity contribution in [3.05, 3.63) is 53.1 Å². The first-order valence-electron chi connectivity index (χ1n) is 8.24. The van der Waals surface area contributed by atoms with Crippen LogP contribution in [0.1, 0.15) is 24.2 Å². The van der Waals surface area contributed by atoms with Crippen molar-refractivity contribution in [1.82, 2.24) is 19.8 Å². The third kappa shape index (κ3) is 5.57. The summed E-state index contributed by atoms with van der Waals surface area (Å²) in [5.41, 5.74) is 1.21. The molecule has 0 amide bonds. The highest BCUT2D eigenvalue weighted by Gasteiger charge is 2.06. The maximum atomic E-state index is 5.93. The molecule has 1 aromatic heterocycles. The third-order valence-electron chi connectivity index (χ3n) is 3.94. The maximum Gasteiger partial charge on any atom is 0.193 e. The number of nitrogens with zero attached hydrogens (tertiary/aromatic N) is 4. The molecule has 0 bridgehead atoms. The van der Waals surface area contributed by atoms with Crippen molar-refractivity contribution >= 4 is 17.6 Å². The third-order valence-corrected chi connectivity index (χ3v) is 4.19. The van der Waals surface area contributed by atoms with Gasteiger partial charge >= 0.3 is 0 Å². The molecule has 0 atom stereocenters. The zero-order chi connectivity index (χ0) is 17.4. The van der Waals surface area contributed by atoms with Crippen molar-refractivity contribution in [2.75, 3.05) is 20.6 Å². The number of imidazole rings is 1. The van der Waals surface area contributed by atoms with Crippen LogP contribution >= 0.6 is 11.6 Å². The molecule has 1 N–H and O–H groups in total. The van der Waals surface area contributed by atoms with Crippen LogP contribution in [0, 0.1) is 6.92 Å². The fraction of sp³-hybridized carbons (Fsp3) is 0.444. The van der Waals surface area contributed by atoms with E-state index in [9.17, 15) is 0 Å². The fourth-order valence-corrected chi connectivity index (χ4v) is 2.70. The number of halogens is 1. The molecule has 0 saturated heterocycles. The summed E-state index contributed by atoms with van der Waals surface area (Å²) >= 11 is 5.93. The predicted molar refractivity (Wildman–Crippen MR) is 100 cm³/mol. The monoisotopic (exact) mass is 347 g/mol. The Bertz CT molecular complexity index is 648. The molecule has 130 valence electrons. The predicted octanol–water partition coefficient (Wildman–Crippen LogP) is 3.33. The van der Waals surface area contributed by atoms with Crippen molar-refractivity contribution in [1.29, 1.82) is 0 Å². The molecule has 6 heteroatoms. The first-order chi connectivity index (χ1) is 11.6. The highest BCUT2D eigenvalue weighted by molar-refractivity contribution is 6.30. The molecule has 1 heterocycles. The molecule has 0 saturated carbocycles. The summed E-state index contributed by atoms with van der Waals surface area (Å²) in [5.74, 6) is 1.98. The van der Waals surface area contributed by atoms with E-state index < -0.39 is 0 Å². The van der Waals surface area contributed by atoms with Crippen LogP contribution in [0.5, 0.6) is 0 Å². The average Bonchev–Trinajstić information content (AvgIpc) is 2.98. The van der Waals surface area contributed by atoms with Gasteiger partial charge in [-0.15, -0.1) is 0 Å². The van der Waals surface area contributed by atoms with E-state index in [2.05, 4.69) is 24.8 Å². The average molecular weight is 348 g/mol. The van der Waals surface area contributed by atoms with Gasteiger partial charge in [0.1, 0.15) is 5.82 Å². The van der Waals surface area contributed by atoms with Gasteiger partial charge in [-0.2, -0.15) is 0 Å². The minimum absolute atomic E-state index is 0.761. The summed E-state index contributed by atoms with van der Waals surface area (Å²) in [7, 11) is 3.86. The number of aromatic nitrogens is 2. The normalized spacial score (nSPS) is 11.6. The molecule has 2 rings (SSSR count). The van der Waals surface area contributed by atoms with Crippen LogP contribution < -0.4 is 5.32 Å². The summed E-state index contributed by atoms with van der Waals surface area (Å²) in [5, 5.41) is 4.18. The van der Waals surface area contributed by atoms with E-state index in [-0.39, 0.29) is 0 Å². The maximum absolute atomic E-state index is 5.93. The smallest absolute Gasteiger partial charge is 0.193 e. The summed E-state index contributed by atoms with van der Waals surface area (Å²) in [6.07, 6.45) is 6.08. The van der Waals surface area contributed by atoms with Crippen molar-refractivity contribution < 1.29 is 0 Å². The van der Waals surface area contributed by atoms with E-state index in [0.717, 1.165) is 49.3 Å². The van der Waals surface area contributed by atoms with Gasteiger partial charge in [-0.25, -0.2) is 4.98 Å². The van der Waals surface area contributed by atoms with Crippen LogP contribution in [0.25, 0.3) is 0 Å². The minimum Gasteiger partial charge on any atom is -0.356 e. The fourth-order valence-electron chi connectivity index (χ4n) is 2.57. The lowest BCUT2D eigenvalue weighted by Crippen LogP contribution is -2.38. The molecule has 24 heavy (non-hydrogen) atoms. The second-order valence-corrected chi connectivity index (χ2v) is 6.27. The Morgan fingerprint density at radius 2 is 2.04 bits per heavy atom. The highest BCUT2D eigenvalue weighted by Crippen LogP contribution is 2.11. The summed E-state index contributed by atoms with van der Waals surface area (Å²) in [6.45, 7) is 4.75. The number of hydrogen-bond acceptors (Lipinski definition) is 2. The lowest BCUT2D eigenvalue weighted by Gasteiger charge is -2.22. The summed E-state index contributed by atoms with van der Waals surface area (Å²) in [4.78, 5) is 10.7. The quantitative estimate of drug-likeness (QED) is 0.474. The van der Waals surface area contributed by atoms with Gasteiger partial charge in [0.05, 0.1) is 0 Å². The second-order valence-electron chi connectivity index (χ2n) is 5.83. The van der Waals surface area contributed by atoms with Crippen LogP contribution in [0.2, 0.25) is 5.02 Å². The number of hydrogen-bond donors (Lipinski definition) is 1. The molecular weight excluding hydrogens is 322 g/mol. The number of aliphatic imine (C=N–C) groups is 1. The van der Waals surface area contributed by atoms with Crippen LogP contribution in [-0.2, 0) is 13.1 Å². The zero-order valence-electron chi connectivity index (χ0n) is 14.7. The number of benzene rings is 1. The second kappa shape index (κ2) is 9.33. The van der Waals surface area contributed by atoms with Crippen LogP contribution in [0.4, 0.5) is 0 Å². The van der Waals surface area contributed by atoms with Gasteiger partial charge in [0.15, 0.2) is 5.96 Å². The van der Waals surface area contributed by atoms with Crippen molar-refractivity contribution in [2.45, 2.75) is 32.9 Å². The number of aryl methyl sites for hydroxylation is 2. The Morgan fingerprint density at radius 1 is 1.29 bits per heavy atom. The van der Waals surface area contributed by atoms with Crippen molar-refractivity contribution in [3.8, 4) is 0 Å². The van der Waals surface area contributed by atoms with Crippen molar-refractivity contribution in [3.63, 3.8) is 0 Å². The van der Waals surface area contributed by atoms with Crippen molar-refractivity contribution in [2.24, 2.45) is 4.99 Å². The molecule has 0 fully saturated rings. The first-order valence-corrected chi connectivity index (χ1v) is 8.62. The van der Waals surface area contributed by atoms with Gasteiger partial charge in [-0.05, 0) is 37.5 Å². The zero-order valence-corrected chi connectivity index (χ0v) is 15.4. The Morgan fingerprint density at radius 3 is 2.67 bits per heavy atom. The number of guanidine groups is 1. The Balaban J connectivity index is 1.71. The van der Waals surface area contributed by atoms with Crippen LogP contribution in [-0.4, -0.2) is 41.1 Å². The van der Waals surface area contributed by atoms with E-state index in [1.807, 2.05) is 57.7 Å². The highest BCUT2D eigenvalue weighted by atomic mass is 35.5. The largest absolute Gasteiger partial charge is 0.356 e. The van der Waals surface area contributed by atoms with Gasteiger partial charge in [0.2, 0.25) is 0 Å². The van der Waals surface area contributed by atoms with Gasteiger partial charge in [-0.3, -0.25) is 4.99 Å². The SMILES string of the molecule is CN=C(NCCCCn1ccnc1C)N(C)Cc1ccc(Cl)cc1. The van der Waals surface area contributed by atoms with Gasteiger partial charge in [0, 0.05) is 51.1 Å². The Labute approximate surface area is 149 Å². The molecule has 0 unspecified atom stereocenters. The molecular formula is C18H26ClN5. The Kier molecular flexibility index (Phi) is 7.12. The minimum atomic E-state index is 0.761. The lowest BCUT2D eigenvalue weighted by atomic mass is 10.2. The van der Waals surface area contributed by atoms with E-state index in [1.54, 1.807) is 0 Å². The topological polar surface area (TPSA) is 45.5 Å². The molecule has 0 aliphatic rings. The van der Waals surface area contributed by atoms with Crippen LogP contribution in [0.3, 0.4) is 0 Å². The first kappa shape index (κ1) is 18.3. The molecule has 0 aliphatic heterocycles. The van der Waals surface area contributed by atoms with Crippen LogP contribution in [0.15, 0.2) is 41.7 Å². The summed E-state index contributed by atoms with van der Waals surface area (Å²) in [6, 6.07) is 7.91. The van der Waals surface area contributed by atoms with E-state index in [1.165, 1.54) is 5.56 Å². The molecule has 2 aromatic rings. The molecule has 0 radical (unpaired) electrons. The van der Waals surface area contributed by atoms with E-state index >= 15 is 0 Å². The molecule has 0 spiro atoms. The van der Waals surface area contributed by atoms with Gasteiger partial charge in [-0.1, -0.05) is 23.7 Å². The van der Waals surface area contributed by atoms with E-state index in [4.69, 9.17) is 11.6 Å². The van der Waals surface area contributed by atoms with Gasteiger partial charge < -0.3 is 14.8 Å². The lowest BCUT2D eigenvalue weighted by molar-refractivity contribution is 0.473. The number of unbranched alkanes of at least 4 members (excludes halogenated alkanes) is 1. The number of rotatable bonds is 7.